The monoisotopic (exact) mass is 248 g/mol. The zero-order chi connectivity index (χ0) is 11.9. The molecule has 1 unspecified atom stereocenters. The highest BCUT2D eigenvalue weighted by Gasteiger charge is 2.28. The first-order chi connectivity index (χ1) is 7.70. The van der Waals surface area contributed by atoms with E-state index in [0.717, 1.165) is 25.7 Å². The molecular weight excluding hydrogens is 223 g/mol. The Bertz CT molecular complexity index is 224. The Morgan fingerprint density at radius 2 is 1.81 bits per heavy atom. The van der Waals surface area contributed by atoms with Crippen LogP contribution < -0.4 is 0 Å². The van der Waals surface area contributed by atoms with Crippen molar-refractivity contribution in [3.05, 3.63) is 0 Å². The zero-order valence-electron chi connectivity index (χ0n) is 10.6. The molecule has 1 aliphatic rings. The van der Waals surface area contributed by atoms with E-state index in [0.29, 0.717) is 12.8 Å². The summed E-state index contributed by atoms with van der Waals surface area (Å²) in [4.78, 5) is 0. The molecule has 1 aliphatic carbocycles. The van der Waals surface area contributed by atoms with Crippen molar-refractivity contribution in [2.75, 3.05) is 12.8 Å². The van der Waals surface area contributed by atoms with Gasteiger partial charge in [-0.2, -0.15) is 0 Å². The van der Waals surface area contributed by atoms with Gasteiger partial charge in [-0.1, -0.05) is 33.1 Å². The van der Waals surface area contributed by atoms with Crippen molar-refractivity contribution in [3.63, 3.8) is 0 Å². The minimum absolute atomic E-state index is 0.169. The minimum Gasteiger partial charge on any atom is -0.309 e. The van der Waals surface area contributed by atoms with Gasteiger partial charge in [-0.3, -0.25) is 4.57 Å². The van der Waals surface area contributed by atoms with Gasteiger partial charge in [0.2, 0.25) is 0 Å². The molecule has 0 aliphatic heterocycles. The summed E-state index contributed by atoms with van der Waals surface area (Å²) in [6.07, 6.45) is 8.25. The quantitative estimate of drug-likeness (QED) is 0.628. The van der Waals surface area contributed by atoms with Crippen molar-refractivity contribution < 1.29 is 13.6 Å². The highest BCUT2D eigenvalue weighted by molar-refractivity contribution is 7.53. The van der Waals surface area contributed by atoms with Gasteiger partial charge in [-0.15, -0.1) is 0 Å². The van der Waals surface area contributed by atoms with Gasteiger partial charge in [0.05, 0.1) is 12.7 Å². The lowest BCUT2D eigenvalue weighted by Crippen LogP contribution is -2.17. The summed E-state index contributed by atoms with van der Waals surface area (Å²) in [6.45, 7) is 4.59. The Kier molecular flexibility index (Phi) is 6.64. The molecule has 1 fully saturated rings. The third-order valence-corrected chi connectivity index (χ3v) is 5.04. The van der Waals surface area contributed by atoms with Gasteiger partial charge in [-0.25, -0.2) is 0 Å². The SMILES string of the molecule is CCCOP(=O)(CCC)OC1CCCCC1. The van der Waals surface area contributed by atoms with Crippen LogP contribution in [0, 0.1) is 0 Å². The molecule has 4 heteroatoms. The van der Waals surface area contributed by atoms with Gasteiger partial charge in [-0.05, 0) is 25.7 Å². The summed E-state index contributed by atoms with van der Waals surface area (Å²) < 4.78 is 23.6. The number of hydrogen-bond acceptors (Lipinski definition) is 3. The number of rotatable bonds is 7. The van der Waals surface area contributed by atoms with Crippen molar-refractivity contribution in [1.82, 2.24) is 0 Å². The lowest BCUT2D eigenvalue weighted by Gasteiger charge is -2.27. The summed E-state index contributed by atoms with van der Waals surface area (Å²) in [6, 6.07) is 0. The normalized spacial score (nSPS) is 21.9. The van der Waals surface area contributed by atoms with Crippen molar-refractivity contribution in [2.45, 2.75) is 64.9 Å². The fourth-order valence-corrected chi connectivity index (χ4v) is 4.02. The second-order valence-electron chi connectivity index (χ2n) is 4.53. The highest BCUT2D eigenvalue weighted by atomic mass is 31.2. The Hall–Kier alpha value is 0.150. The van der Waals surface area contributed by atoms with Crippen LogP contribution >= 0.6 is 7.60 Å². The first-order valence-electron chi connectivity index (χ1n) is 6.62. The van der Waals surface area contributed by atoms with Gasteiger partial charge in [0.1, 0.15) is 0 Å². The second kappa shape index (κ2) is 7.47. The van der Waals surface area contributed by atoms with Crippen LogP contribution in [0.15, 0.2) is 0 Å². The minimum atomic E-state index is -2.80. The maximum Gasteiger partial charge on any atom is 0.330 e. The summed E-state index contributed by atoms with van der Waals surface area (Å²) >= 11 is 0. The summed E-state index contributed by atoms with van der Waals surface area (Å²) in [7, 11) is -2.80. The van der Waals surface area contributed by atoms with Crippen LogP contribution in [0.1, 0.15) is 58.8 Å². The smallest absolute Gasteiger partial charge is 0.309 e. The Morgan fingerprint density at radius 1 is 1.12 bits per heavy atom. The molecular formula is C12H25O3P. The first-order valence-corrected chi connectivity index (χ1v) is 8.35. The molecule has 0 aromatic carbocycles. The average molecular weight is 248 g/mol. The molecule has 0 amide bonds. The van der Waals surface area contributed by atoms with E-state index in [-0.39, 0.29) is 6.10 Å². The molecule has 0 bridgehead atoms. The molecule has 1 saturated carbocycles. The lowest BCUT2D eigenvalue weighted by molar-refractivity contribution is 0.117. The molecule has 3 nitrogen and oxygen atoms in total. The van der Waals surface area contributed by atoms with Gasteiger partial charge in [0.15, 0.2) is 0 Å². The van der Waals surface area contributed by atoms with E-state index in [1.807, 2.05) is 13.8 Å². The Balaban J connectivity index is 2.44. The maximum absolute atomic E-state index is 12.4. The van der Waals surface area contributed by atoms with E-state index in [1.54, 1.807) is 0 Å². The molecule has 0 N–H and O–H groups in total. The fraction of sp³-hybridized carbons (Fsp3) is 1.00. The first kappa shape index (κ1) is 14.2. The van der Waals surface area contributed by atoms with Crippen LogP contribution in [-0.4, -0.2) is 18.9 Å². The topological polar surface area (TPSA) is 35.5 Å². The van der Waals surface area contributed by atoms with Gasteiger partial charge < -0.3 is 9.05 Å². The van der Waals surface area contributed by atoms with Crippen molar-refractivity contribution in [3.8, 4) is 0 Å². The third-order valence-electron chi connectivity index (χ3n) is 2.85. The molecule has 0 aromatic rings. The standard InChI is InChI=1S/C12H25O3P/c1-3-10-14-16(13,11-4-2)15-12-8-6-5-7-9-12/h12H,3-11H2,1-2H3. The molecule has 1 rings (SSSR count). The van der Waals surface area contributed by atoms with Crippen LogP contribution in [0.2, 0.25) is 0 Å². The van der Waals surface area contributed by atoms with E-state index in [9.17, 15) is 4.57 Å². The molecule has 0 aromatic heterocycles. The van der Waals surface area contributed by atoms with Crippen LogP contribution in [-0.2, 0) is 13.6 Å². The predicted octanol–water partition coefficient (Wildman–Crippen LogP) is 4.37. The second-order valence-corrected chi connectivity index (χ2v) is 6.67. The third kappa shape index (κ3) is 4.99. The molecule has 0 radical (unpaired) electrons. The van der Waals surface area contributed by atoms with Crippen molar-refractivity contribution in [1.29, 1.82) is 0 Å². The van der Waals surface area contributed by atoms with Crippen molar-refractivity contribution >= 4 is 7.60 Å². The van der Waals surface area contributed by atoms with Crippen LogP contribution in [0.3, 0.4) is 0 Å². The van der Waals surface area contributed by atoms with E-state index < -0.39 is 7.60 Å². The fourth-order valence-electron chi connectivity index (χ4n) is 2.05. The molecule has 0 heterocycles. The summed E-state index contributed by atoms with van der Waals surface area (Å²) in [5.74, 6) is 0. The average Bonchev–Trinajstić information content (AvgIpc) is 2.28. The van der Waals surface area contributed by atoms with E-state index in [1.165, 1.54) is 19.3 Å². The molecule has 96 valence electrons. The molecule has 1 atom stereocenters. The van der Waals surface area contributed by atoms with Crippen molar-refractivity contribution in [2.24, 2.45) is 0 Å². The lowest BCUT2D eigenvalue weighted by atomic mass is 9.98. The van der Waals surface area contributed by atoms with Crippen LogP contribution in [0.5, 0.6) is 0 Å². The Morgan fingerprint density at radius 3 is 2.38 bits per heavy atom. The molecule has 0 saturated heterocycles. The van der Waals surface area contributed by atoms with E-state index in [2.05, 4.69) is 0 Å². The number of hydrogen-bond donors (Lipinski definition) is 0. The predicted molar refractivity (Wildman–Crippen MR) is 67.0 cm³/mol. The summed E-state index contributed by atoms with van der Waals surface area (Å²) in [5.41, 5.74) is 0. The molecule has 0 spiro atoms. The Labute approximate surface area is 99.4 Å². The van der Waals surface area contributed by atoms with Gasteiger partial charge >= 0.3 is 7.60 Å². The van der Waals surface area contributed by atoms with Gasteiger partial charge in [0.25, 0.3) is 0 Å². The zero-order valence-corrected chi connectivity index (χ0v) is 11.5. The maximum atomic E-state index is 12.4. The largest absolute Gasteiger partial charge is 0.330 e. The summed E-state index contributed by atoms with van der Waals surface area (Å²) in [5, 5.41) is 0. The van der Waals surface area contributed by atoms with E-state index in [4.69, 9.17) is 9.05 Å². The van der Waals surface area contributed by atoms with Crippen LogP contribution in [0.4, 0.5) is 0 Å². The van der Waals surface area contributed by atoms with Crippen LogP contribution in [0.25, 0.3) is 0 Å². The van der Waals surface area contributed by atoms with Gasteiger partial charge in [0, 0.05) is 6.16 Å². The highest BCUT2D eigenvalue weighted by Crippen LogP contribution is 2.51. The molecule has 16 heavy (non-hydrogen) atoms. The van der Waals surface area contributed by atoms with E-state index >= 15 is 0 Å².